The third kappa shape index (κ3) is 3.74. The zero-order chi connectivity index (χ0) is 14.5. The van der Waals surface area contributed by atoms with Crippen molar-refractivity contribution in [1.29, 1.82) is 0 Å². The van der Waals surface area contributed by atoms with E-state index >= 15 is 0 Å². The van der Waals surface area contributed by atoms with Crippen LogP contribution in [0, 0.1) is 0 Å². The number of carbonyl (C=O) groups is 1. The number of nitrogens with zero attached hydrogens (tertiary/aromatic N) is 1. The number of rotatable bonds is 4. The maximum absolute atomic E-state index is 12.1. The molecule has 20 heavy (non-hydrogen) atoms. The Hall–Kier alpha value is -1.53. The normalized spacial score (nSPS) is 10.2. The Morgan fingerprint density at radius 2 is 2.20 bits per heavy atom. The van der Waals surface area contributed by atoms with E-state index in [1.54, 1.807) is 36.5 Å². The summed E-state index contributed by atoms with van der Waals surface area (Å²) >= 11 is 7.62. The van der Waals surface area contributed by atoms with Crippen LogP contribution in [-0.4, -0.2) is 17.5 Å². The van der Waals surface area contributed by atoms with Crippen LogP contribution in [0.1, 0.15) is 17.3 Å². The highest BCUT2D eigenvalue weighted by atomic mass is 79.9. The molecule has 0 spiro atoms. The lowest BCUT2D eigenvalue weighted by molar-refractivity contribution is 0.102. The fraction of sp³-hybridized carbons (Fsp3) is 0.143. The second-order valence-electron chi connectivity index (χ2n) is 3.93. The lowest BCUT2D eigenvalue weighted by atomic mass is 10.2. The average molecular weight is 353 g/mol. The van der Waals surface area contributed by atoms with Crippen LogP contribution < -0.4 is 10.1 Å². The zero-order valence-electron chi connectivity index (χ0n) is 10.8. The number of aromatic nitrogens is 1. The van der Waals surface area contributed by atoms with Crippen LogP contribution >= 0.6 is 28.6 Å². The first-order valence-corrected chi connectivity index (χ1v) is 7.23. The predicted octanol–water partition coefficient (Wildman–Crippen LogP) is 3.78. The summed E-state index contributed by atoms with van der Waals surface area (Å²) in [6.07, 6.45) is 1.56. The van der Waals surface area contributed by atoms with E-state index in [9.17, 15) is 4.79 Å². The molecule has 1 amide bonds. The van der Waals surface area contributed by atoms with E-state index in [4.69, 9.17) is 4.74 Å². The second-order valence-corrected chi connectivity index (χ2v) is 5.33. The summed E-state index contributed by atoms with van der Waals surface area (Å²) < 4.78 is 6.12. The zero-order valence-corrected chi connectivity index (χ0v) is 13.2. The van der Waals surface area contributed by atoms with E-state index in [0.29, 0.717) is 28.6 Å². The highest BCUT2D eigenvalue weighted by Crippen LogP contribution is 2.21. The maximum atomic E-state index is 12.1. The summed E-state index contributed by atoms with van der Waals surface area (Å²) in [6, 6.07) is 8.73. The van der Waals surface area contributed by atoms with E-state index < -0.39 is 0 Å². The number of carbonyl (C=O) groups excluding carboxylic acids is 1. The van der Waals surface area contributed by atoms with Crippen molar-refractivity contribution in [3.63, 3.8) is 0 Å². The molecule has 0 fully saturated rings. The first-order chi connectivity index (χ1) is 9.60. The molecule has 0 saturated heterocycles. The van der Waals surface area contributed by atoms with E-state index in [1.165, 1.54) is 0 Å². The van der Waals surface area contributed by atoms with Crippen molar-refractivity contribution in [2.24, 2.45) is 0 Å². The summed E-state index contributed by atoms with van der Waals surface area (Å²) in [4.78, 5) is 16.8. The molecule has 6 heteroatoms. The molecule has 0 aliphatic heterocycles. The van der Waals surface area contributed by atoms with Crippen LogP contribution in [0.3, 0.4) is 0 Å². The molecule has 1 N–H and O–H groups in total. The van der Waals surface area contributed by atoms with Gasteiger partial charge in [-0.25, -0.2) is 4.98 Å². The number of hydrogen-bond donors (Lipinski definition) is 2. The molecule has 0 atom stereocenters. The number of benzene rings is 1. The minimum absolute atomic E-state index is 0.228. The van der Waals surface area contributed by atoms with E-state index in [2.05, 4.69) is 38.9 Å². The van der Waals surface area contributed by atoms with Gasteiger partial charge < -0.3 is 10.1 Å². The molecule has 2 rings (SSSR count). The molecule has 0 radical (unpaired) electrons. The fourth-order valence-corrected chi connectivity index (χ4v) is 2.44. The highest BCUT2D eigenvalue weighted by Gasteiger charge is 2.10. The van der Waals surface area contributed by atoms with Crippen molar-refractivity contribution in [2.45, 2.75) is 11.8 Å². The van der Waals surface area contributed by atoms with E-state index in [-0.39, 0.29) is 5.91 Å². The van der Waals surface area contributed by atoms with Gasteiger partial charge in [0.25, 0.3) is 5.91 Å². The van der Waals surface area contributed by atoms with Gasteiger partial charge in [0.2, 0.25) is 5.88 Å². The summed E-state index contributed by atoms with van der Waals surface area (Å²) in [5.74, 6) is 0.303. The van der Waals surface area contributed by atoms with Gasteiger partial charge in [-0.3, -0.25) is 4.79 Å². The van der Waals surface area contributed by atoms with Crippen LogP contribution in [0.2, 0.25) is 0 Å². The minimum Gasteiger partial charge on any atom is -0.478 e. The third-order valence-electron chi connectivity index (χ3n) is 2.49. The van der Waals surface area contributed by atoms with E-state index in [1.807, 2.05) is 6.92 Å². The monoisotopic (exact) mass is 352 g/mol. The number of halogens is 1. The van der Waals surface area contributed by atoms with E-state index in [0.717, 1.165) is 4.47 Å². The van der Waals surface area contributed by atoms with Crippen LogP contribution in [0.25, 0.3) is 0 Å². The Labute approximate surface area is 131 Å². The van der Waals surface area contributed by atoms with Gasteiger partial charge in [-0.05, 0) is 31.2 Å². The summed E-state index contributed by atoms with van der Waals surface area (Å²) in [6.45, 7) is 2.44. The Morgan fingerprint density at radius 1 is 1.40 bits per heavy atom. The summed E-state index contributed by atoms with van der Waals surface area (Å²) in [7, 11) is 0. The number of amides is 1. The average Bonchev–Trinajstić information content (AvgIpc) is 2.41. The van der Waals surface area contributed by atoms with Crippen LogP contribution in [0.5, 0.6) is 5.88 Å². The van der Waals surface area contributed by atoms with Crippen molar-refractivity contribution >= 4 is 40.2 Å². The Bertz CT molecular complexity index is 617. The van der Waals surface area contributed by atoms with Gasteiger partial charge in [0.05, 0.1) is 24.1 Å². The van der Waals surface area contributed by atoms with Crippen molar-refractivity contribution in [1.82, 2.24) is 4.98 Å². The summed E-state index contributed by atoms with van der Waals surface area (Å²) in [5.41, 5.74) is 1.11. The van der Waals surface area contributed by atoms with Gasteiger partial charge in [0.15, 0.2) is 0 Å². The number of pyridine rings is 1. The van der Waals surface area contributed by atoms with Gasteiger partial charge >= 0.3 is 0 Å². The van der Waals surface area contributed by atoms with Crippen molar-refractivity contribution in [3.05, 3.63) is 46.6 Å². The fourth-order valence-electron chi connectivity index (χ4n) is 1.58. The second kappa shape index (κ2) is 6.76. The number of nitrogens with one attached hydrogen (secondary N) is 1. The molecule has 104 valence electrons. The molecule has 1 aromatic heterocycles. The van der Waals surface area contributed by atoms with Crippen LogP contribution in [0.4, 0.5) is 5.69 Å². The lowest BCUT2D eigenvalue weighted by Gasteiger charge is -2.08. The predicted molar refractivity (Wildman–Crippen MR) is 84.8 cm³/mol. The smallest absolute Gasteiger partial charge is 0.256 e. The number of anilines is 1. The quantitative estimate of drug-likeness (QED) is 0.823. The molecule has 1 heterocycles. The molecular weight excluding hydrogens is 340 g/mol. The molecule has 0 aliphatic carbocycles. The number of hydrogen-bond acceptors (Lipinski definition) is 4. The molecule has 1 aromatic carbocycles. The Kier molecular flexibility index (Phi) is 5.03. The number of ether oxygens (including phenoxy) is 1. The Morgan fingerprint density at radius 3 is 2.80 bits per heavy atom. The molecule has 0 bridgehead atoms. The first kappa shape index (κ1) is 14.9. The molecule has 4 nitrogen and oxygen atoms in total. The van der Waals surface area contributed by atoms with Gasteiger partial charge in [0, 0.05) is 15.4 Å². The van der Waals surface area contributed by atoms with Crippen molar-refractivity contribution < 1.29 is 9.53 Å². The standard InChI is InChI=1S/C14H13BrN2O2S/c1-2-19-13-6-4-10(8-16-13)17-14(18)11-5-3-9(15)7-12(11)20/h3-8,20H,2H2,1H3,(H,17,18). The Balaban J connectivity index is 2.11. The van der Waals surface area contributed by atoms with Crippen LogP contribution in [-0.2, 0) is 0 Å². The number of thiol groups is 1. The molecule has 0 aliphatic rings. The first-order valence-electron chi connectivity index (χ1n) is 5.99. The maximum Gasteiger partial charge on any atom is 0.256 e. The minimum atomic E-state index is -0.228. The van der Waals surface area contributed by atoms with Gasteiger partial charge in [-0.1, -0.05) is 15.9 Å². The topological polar surface area (TPSA) is 51.2 Å². The highest BCUT2D eigenvalue weighted by molar-refractivity contribution is 9.10. The lowest BCUT2D eigenvalue weighted by Crippen LogP contribution is -2.12. The third-order valence-corrected chi connectivity index (χ3v) is 3.35. The molecule has 2 aromatic rings. The van der Waals surface area contributed by atoms with Gasteiger partial charge in [-0.15, -0.1) is 12.6 Å². The molecule has 0 saturated carbocycles. The van der Waals surface area contributed by atoms with Crippen molar-refractivity contribution in [2.75, 3.05) is 11.9 Å². The van der Waals surface area contributed by atoms with Gasteiger partial charge in [0.1, 0.15) is 0 Å². The summed E-state index contributed by atoms with van der Waals surface area (Å²) in [5, 5.41) is 2.77. The molecule has 0 unspecified atom stereocenters. The van der Waals surface area contributed by atoms with Gasteiger partial charge in [-0.2, -0.15) is 0 Å². The van der Waals surface area contributed by atoms with Crippen LogP contribution in [0.15, 0.2) is 45.9 Å². The molecular formula is C14H13BrN2O2S. The largest absolute Gasteiger partial charge is 0.478 e. The SMILES string of the molecule is CCOc1ccc(NC(=O)c2ccc(Br)cc2S)cn1. The van der Waals surface area contributed by atoms with Crippen molar-refractivity contribution in [3.8, 4) is 5.88 Å².